The van der Waals surface area contributed by atoms with Gasteiger partial charge >= 0.3 is 6.03 Å². The van der Waals surface area contributed by atoms with E-state index in [2.05, 4.69) is 10.6 Å². The molecule has 6 nitrogen and oxygen atoms in total. The zero-order valence-electron chi connectivity index (χ0n) is 11.2. The summed E-state index contributed by atoms with van der Waals surface area (Å²) in [7, 11) is 0. The van der Waals surface area contributed by atoms with Gasteiger partial charge in [-0.1, -0.05) is 23.3 Å². The quantitative estimate of drug-likeness (QED) is 0.450. The Balaban J connectivity index is 2.13. The van der Waals surface area contributed by atoms with Crippen LogP contribution in [0.25, 0.3) is 0 Å². The van der Waals surface area contributed by atoms with Gasteiger partial charge in [0.25, 0.3) is 0 Å². The van der Waals surface area contributed by atoms with Gasteiger partial charge in [0.2, 0.25) is 0 Å². The van der Waals surface area contributed by atoms with Crippen molar-refractivity contribution in [1.29, 1.82) is 0 Å². The fourth-order valence-electron chi connectivity index (χ4n) is 2.16. The molecule has 0 aromatic heterocycles. The number of hydrogen-bond donors (Lipinski definition) is 3. The summed E-state index contributed by atoms with van der Waals surface area (Å²) in [5, 5.41) is 14.9. The molecule has 21 heavy (non-hydrogen) atoms. The van der Waals surface area contributed by atoms with Crippen LogP contribution in [0, 0.1) is 0 Å². The molecule has 1 aromatic carbocycles. The van der Waals surface area contributed by atoms with Crippen LogP contribution in [0.4, 0.5) is 10.5 Å². The van der Waals surface area contributed by atoms with Crippen LogP contribution in [0.1, 0.15) is 19.8 Å². The zero-order chi connectivity index (χ0) is 15.6. The number of hydrogen-bond acceptors (Lipinski definition) is 4. The van der Waals surface area contributed by atoms with E-state index >= 15 is 0 Å². The molecule has 1 aromatic rings. The van der Waals surface area contributed by atoms with Crippen LogP contribution in [0.2, 0.25) is 5.02 Å². The molecule has 2 unspecified atom stereocenters. The Kier molecular flexibility index (Phi) is 4.87. The summed E-state index contributed by atoms with van der Waals surface area (Å²) in [6.07, 6.45) is 3.77. The third-order valence-corrected chi connectivity index (χ3v) is 4.45. The molecule has 0 fully saturated rings. The van der Waals surface area contributed by atoms with Crippen LogP contribution >= 0.6 is 11.6 Å². The summed E-state index contributed by atoms with van der Waals surface area (Å²) in [5.74, 6) is -0.579. The minimum absolute atomic E-state index is 0.0178. The summed E-state index contributed by atoms with van der Waals surface area (Å²) < 4.78 is 22.0. The number of carbonyl (C=O) groups is 1. The molecule has 0 saturated heterocycles. The molecule has 0 bridgehead atoms. The van der Waals surface area contributed by atoms with Crippen molar-refractivity contribution in [3.63, 3.8) is 0 Å². The molecule has 0 heterocycles. The van der Waals surface area contributed by atoms with Gasteiger partial charge in [-0.15, -0.1) is 0 Å². The van der Waals surface area contributed by atoms with Crippen molar-refractivity contribution in [3.05, 3.63) is 28.8 Å². The number of carbonyl (C=O) groups excluding carboxylic acids is 1. The standard InChI is InChI=1S/C13H15ClN2O4S/c1-7-3-2-4-9(7)15-13(18)16-10-6-5-8(14)12(11(10)17)21(19)20/h3,5-6,9,17H,2,4H2,1H3,(H,19,20)(H2,15,16,18)/p-1. The van der Waals surface area contributed by atoms with E-state index in [0.717, 1.165) is 18.4 Å². The second-order valence-corrected chi connectivity index (χ2v) is 5.97. The first-order valence-electron chi connectivity index (χ1n) is 6.25. The maximum atomic E-state index is 11.9. The minimum atomic E-state index is -2.70. The number of benzene rings is 1. The summed E-state index contributed by atoms with van der Waals surface area (Å²) >= 11 is 3.00. The number of urea groups is 1. The number of phenolic OH excluding ortho intramolecular Hbond substituents is 1. The fraction of sp³-hybridized carbons (Fsp3) is 0.308. The second-order valence-electron chi connectivity index (χ2n) is 4.68. The molecule has 0 saturated carbocycles. The molecule has 2 amide bonds. The number of halogens is 1. The number of phenols is 1. The number of nitrogens with one attached hydrogen (secondary N) is 2. The van der Waals surface area contributed by atoms with E-state index in [-0.39, 0.29) is 16.8 Å². The maximum Gasteiger partial charge on any atom is 0.319 e. The van der Waals surface area contributed by atoms with E-state index in [1.54, 1.807) is 0 Å². The molecule has 114 valence electrons. The highest BCUT2D eigenvalue weighted by molar-refractivity contribution is 7.79. The van der Waals surface area contributed by atoms with Crippen LogP contribution in [-0.2, 0) is 11.1 Å². The third-order valence-electron chi connectivity index (χ3n) is 3.27. The van der Waals surface area contributed by atoms with Crippen LogP contribution in [0.5, 0.6) is 5.75 Å². The fourth-order valence-corrected chi connectivity index (χ4v) is 2.99. The predicted octanol–water partition coefficient (Wildman–Crippen LogP) is 2.51. The van der Waals surface area contributed by atoms with Gasteiger partial charge in [0, 0.05) is 0 Å². The summed E-state index contributed by atoms with van der Waals surface area (Å²) in [4.78, 5) is 11.4. The molecular formula is C13H14ClN2O4S-. The van der Waals surface area contributed by atoms with Crippen molar-refractivity contribution in [2.24, 2.45) is 0 Å². The Bertz CT molecular complexity index is 633. The zero-order valence-corrected chi connectivity index (χ0v) is 12.8. The molecule has 0 radical (unpaired) electrons. The first-order chi connectivity index (χ1) is 9.90. The van der Waals surface area contributed by atoms with Crippen molar-refractivity contribution in [1.82, 2.24) is 5.32 Å². The van der Waals surface area contributed by atoms with E-state index in [9.17, 15) is 18.7 Å². The van der Waals surface area contributed by atoms with Gasteiger partial charge in [-0.25, -0.2) is 4.79 Å². The average Bonchev–Trinajstić information content (AvgIpc) is 2.78. The molecule has 8 heteroatoms. The Labute approximate surface area is 129 Å². The topological polar surface area (TPSA) is 101 Å². The second kappa shape index (κ2) is 6.46. The van der Waals surface area contributed by atoms with E-state index in [0.29, 0.717) is 0 Å². The normalized spacial score (nSPS) is 19.0. The lowest BCUT2D eigenvalue weighted by Gasteiger charge is -2.17. The predicted molar refractivity (Wildman–Crippen MR) is 79.2 cm³/mol. The lowest BCUT2D eigenvalue weighted by Crippen LogP contribution is -2.37. The maximum absolute atomic E-state index is 11.9. The highest BCUT2D eigenvalue weighted by Gasteiger charge is 2.19. The molecule has 1 aliphatic carbocycles. The number of amides is 2. The smallest absolute Gasteiger partial charge is 0.319 e. The van der Waals surface area contributed by atoms with Crippen LogP contribution in [-0.4, -0.2) is 25.9 Å². The Morgan fingerprint density at radius 1 is 1.52 bits per heavy atom. The van der Waals surface area contributed by atoms with E-state index in [1.165, 1.54) is 12.1 Å². The van der Waals surface area contributed by atoms with E-state index in [1.807, 2.05) is 13.0 Å². The van der Waals surface area contributed by atoms with Crippen molar-refractivity contribution in [2.75, 3.05) is 5.32 Å². The van der Waals surface area contributed by atoms with Crippen molar-refractivity contribution < 1.29 is 18.7 Å². The Morgan fingerprint density at radius 2 is 2.24 bits per heavy atom. The number of aromatic hydroxyl groups is 1. The van der Waals surface area contributed by atoms with Gasteiger partial charge < -0.3 is 20.3 Å². The minimum Gasteiger partial charge on any atom is -0.768 e. The van der Waals surface area contributed by atoms with Gasteiger partial charge in [0.05, 0.1) is 21.6 Å². The lowest BCUT2D eigenvalue weighted by atomic mass is 10.2. The Hall–Kier alpha value is -1.57. The van der Waals surface area contributed by atoms with Crippen molar-refractivity contribution in [3.8, 4) is 5.75 Å². The van der Waals surface area contributed by atoms with E-state index < -0.39 is 27.8 Å². The molecule has 2 atom stereocenters. The lowest BCUT2D eigenvalue weighted by molar-refractivity contribution is 0.249. The molecular weight excluding hydrogens is 316 g/mol. The number of rotatable bonds is 3. The molecule has 2 rings (SSSR count). The van der Waals surface area contributed by atoms with Crippen molar-refractivity contribution >= 4 is 34.4 Å². The summed E-state index contributed by atoms with van der Waals surface area (Å²) in [6.45, 7) is 1.93. The van der Waals surface area contributed by atoms with Gasteiger partial charge in [-0.3, -0.25) is 4.21 Å². The van der Waals surface area contributed by atoms with Crippen LogP contribution in [0.3, 0.4) is 0 Å². The molecule has 0 aliphatic heterocycles. The summed E-state index contributed by atoms with van der Waals surface area (Å²) in [5.41, 5.74) is 1.06. The number of anilines is 1. The molecule has 0 spiro atoms. The molecule has 1 aliphatic rings. The average molecular weight is 330 g/mol. The van der Waals surface area contributed by atoms with Crippen LogP contribution in [0.15, 0.2) is 28.7 Å². The van der Waals surface area contributed by atoms with Gasteiger partial charge in [-0.05, 0) is 43.0 Å². The van der Waals surface area contributed by atoms with Crippen LogP contribution < -0.4 is 10.6 Å². The first kappa shape index (κ1) is 15.8. The SMILES string of the molecule is CC1=CCCC1NC(=O)Nc1ccc(Cl)c(S(=O)[O-])c1O. The number of allylic oxidation sites excluding steroid dienone is 1. The van der Waals surface area contributed by atoms with Gasteiger partial charge in [-0.2, -0.15) is 0 Å². The summed E-state index contributed by atoms with van der Waals surface area (Å²) in [6, 6.07) is 2.07. The van der Waals surface area contributed by atoms with Gasteiger partial charge in [0.1, 0.15) is 0 Å². The first-order valence-corrected chi connectivity index (χ1v) is 7.70. The largest absolute Gasteiger partial charge is 0.768 e. The molecule has 3 N–H and O–H groups in total. The van der Waals surface area contributed by atoms with Gasteiger partial charge in [0.15, 0.2) is 5.75 Å². The Morgan fingerprint density at radius 3 is 2.81 bits per heavy atom. The monoisotopic (exact) mass is 329 g/mol. The third kappa shape index (κ3) is 3.55. The van der Waals surface area contributed by atoms with Crippen molar-refractivity contribution in [2.45, 2.75) is 30.7 Å². The highest BCUT2D eigenvalue weighted by atomic mass is 35.5. The van der Waals surface area contributed by atoms with E-state index in [4.69, 9.17) is 11.6 Å². The highest BCUT2D eigenvalue weighted by Crippen LogP contribution is 2.35.